The van der Waals surface area contributed by atoms with E-state index in [9.17, 15) is 9.59 Å². The van der Waals surface area contributed by atoms with Crippen LogP contribution >= 0.6 is 11.8 Å². The normalized spacial score (nSPS) is 20.3. The Hall–Kier alpha value is -1.24. The van der Waals surface area contributed by atoms with Gasteiger partial charge < -0.3 is 9.80 Å². The molecule has 0 aromatic heterocycles. The molecule has 6 nitrogen and oxygen atoms in total. The zero-order chi connectivity index (χ0) is 23.9. The van der Waals surface area contributed by atoms with Gasteiger partial charge in [0.25, 0.3) is 5.91 Å². The van der Waals surface area contributed by atoms with Gasteiger partial charge in [0, 0.05) is 19.3 Å². The van der Waals surface area contributed by atoms with E-state index in [1.54, 1.807) is 23.7 Å². The number of hydrogen-bond acceptors (Lipinski definition) is 5. The summed E-state index contributed by atoms with van der Waals surface area (Å²) >= 11 is 1.77. The lowest BCUT2D eigenvalue weighted by Gasteiger charge is -2.36. The topological polar surface area (TPSA) is 65.0 Å². The molecule has 190 valence electrons. The molecule has 2 unspecified atom stereocenters. The van der Waals surface area contributed by atoms with Crippen molar-refractivity contribution in [1.29, 1.82) is 0 Å². The minimum Gasteiger partial charge on any atom is -0.336 e. The van der Waals surface area contributed by atoms with E-state index in [1.165, 1.54) is 96.3 Å². The van der Waals surface area contributed by atoms with Gasteiger partial charge >= 0.3 is 6.03 Å². The molecule has 0 bridgehead atoms. The van der Waals surface area contributed by atoms with Crippen molar-refractivity contribution in [3.05, 3.63) is 0 Å². The van der Waals surface area contributed by atoms with E-state index in [4.69, 9.17) is 4.99 Å². The minimum atomic E-state index is -0.387. The third-order valence-electron chi connectivity index (χ3n) is 6.80. The number of urea groups is 1. The summed E-state index contributed by atoms with van der Waals surface area (Å²) in [5.74, 6) is 0.827. The number of nitrogens with zero attached hydrogens (tertiary/aromatic N) is 3. The molecule has 2 aliphatic heterocycles. The third-order valence-corrected chi connectivity index (χ3v) is 7.90. The summed E-state index contributed by atoms with van der Waals surface area (Å²) < 4.78 is 0. The number of aliphatic imine (C=N–C) groups is 1. The largest absolute Gasteiger partial charge is 0.336 e. The van der Waals surface area contributed by atoms with Crippen LogP contribution in [-0.2, 0) is 4.79 Å². The average molecular weight is 481 g/mol. The molecule has 0 aromatic rings. The summed E-state index contributed by atoms with van der Waals surface area (Å²) in [6.45, 7) is 5.34. The maximum Gasteiger partial charge on any atom is 0.325 e. The Balaban J connectivity index is 1.74. The predicted octanol–water partition coefficient (Wildman–Crippen LogP) is 6.55. The molecule has 2 aliphatic rings. The second-order valence-electron chi connectivity index (χ2n) is 9.67. The molecular formula is C26H48N4O2S. The molecule has 0 aromatic carbocycles. The number of carbonyl (C=O) groups excluding carboxylic acids is 2. The first-order valence-corrected chi connectivity index (χ1v) is 14.6. The molecule has 33 heavy (non-hydrogen) atoms. The minimum absolute atomic E-state index is 0.202. The zero-order valence-electron chi connectivity index (χ0n) is 21.4. The van der Waals surface area contributed by atoms with E-state index in [0.29, 0.717) is 0 Å². The number of fused-ring (bicyclic) bond motifs is 1. The van der Waals surface area contributed by atoms with Crippen LogP contribution in [0.3, 0.4) is 0 Å². The number of nitrogens with one attached hydrogen (secondary N) is 1. The molecule has 1 fully saturated rings. The summed E-state index contributed by atoms with van der Waals surface area (Å²) in [5, 5.41) is 3.46. The molecule has 1 N–H and O–H groups in total. The Morgan fingerprint density at radius 1 is 0.788 bits per heavy atom. The molecule has 1 saturated heterocycles. The monoisotopic (exact) mass is 480 g/mol. The van der Waals surface area contributed by atoms with E-state index in [2.05, 4.69) is 24.1 Å². The Kier molecular flexibility index (Phi) is 13.9. The Morgan fingerprint density at radius 2 is 1.30 bits per heavy atom. The molecule has 0 radical (unpaired) electrons. The van der Waals surface area contributed by atoms with Crippen LogP contribution in [0.5, 0.6) is 0 Å². The SMILES string of the molecule is CCCCCCCCCCCCSC1=NC2C(C(=O)NC(=O)N2C)N1CCCCCCCC. The van der Waals surface area contributed by atoms with E-state index in [0.717, 1.165) is 23.9 Å². The maximum atomic E-state index is 12.6. The standard InChI is InChI=1S/C26H48N4O2S/c1-4-6-8-10-12-13-14-15-17-19-21-33-26-27-23-22(24(31)28-25(32)29(23)3)30(26)20-18-16-11-9-7-5-2/h22-23H,4-21H2,1-3H3,(H,28,31,32). The lowest BCUT2D eigenvalue weighted by molar-refractivity contribution is -0.127. The second kappa shape index (κ2) is 16.4. The lowest BCUT2D eigenvalue weighted by atomic mass is 10.1. The summed E-state index contributed by atoms with van der Waals surface area (Å²) in [7, 11) is 1.74. The fourth-order valence-corrected chi connectivity index (χ4v) is 5.76. The van der Waals surface area contributed by atoms with Crippen LogP contribution < -0.4 is 5.32 Å². The summed E-state index contributed by atoms with van der Waals surface area (Å²) in [4.78, 5) is 33.3. The Morgan fingerprint density at radius 3 is 1.88 bits per heavy atom. The van der Waals surface area contributed by atoms with Crippen LogP contribution in [0.25, 0.3) is 0 Å². The highest BCUT2D eigenvalue weighted by Crippen LogP contribution is 2.29. The summed E-state index contributed by atoms with van der Waals surface area (Å²) in [6.07, 6.45) is 20.3. The Bertz CT molecular complexity index is 613. The van der Waals surface area contributed by atoms with E-state index in [-0.39, 0.29) is 24.1 Å². The van der Waals surface area contributed by atoms with Crippen LogP contribution in [-0.4, -0.2) is 58.5 Å². The van der Waals surface area contributed by atoms with Gasteiger partial charge in [0.1, 0.15) is 0 Å². The van der Waals surface area contributed by atoms with Crippen LogP contribution in [0.15, 0.2) is 4.99 Å². The molecular weight excluding hydrogens is 432 g/mol. The quantitative estimate of drug-likeness (QED) is 0.226. The van der Waals surface area contributed by atoms with Crippen molar-refractivity contribution in [3.8, 4) is 0 Å². The van der Waals surface area contributed by atoms with E-state index < -0.39 is 0 Å². The highest BCUT2D eigenvalue weighted by atomic mass is 32.2. The van der Waals surface area contributed by atoms with Gasteiger partial charge in [0.05, 0.1) is 0 Å². The molecule has 7 heteroatoms. The zero-order valence-corrected chi connectivity index (χ0v) is 22.3. The predicted molar refractivity (Wildman–Crippen MR) is 141 cm³/mol. The smallest absolute Gasteiger partial charge is 0.325 e. The fraction of sp³-hybridized carbons (Fsp3) is 0.885. The second-order valence-corrected chi connectivity index (χ2v) is 10.7. The van der Waals surface area contributed by atoms with Crippen LogP contribution in [0.1, 0.15) is 117 Å². The highest BCUT2D eigenvalue weighted by molar-refractivity contribution is 8.13. The van der Waals surface area contributed by atoms with E-state index >= 15 is 0 Å². The fourth-order valence-electron chi connectivity index (χ4n) is 4.67. The average Bonchev–Trinajstić information content (AvgIpc) is 3.17. The first-order chi connectivity index (χ1) is 16.1. The third kappa shape index (κ3) is 9.50. The molecule has 2 heterocycles. The van der Waals surface area contributed by atoms with Gasteiger partial charge in [-0.05, 0) is 12.8 Å². The van der Waals surface area contributed by atoms with Crippen molar-refractivity contribution < 1.29 is 9.59 Å². The number of rotatable bonds is 18. The summed E-state index contributed by atoms with van der Waals surface area (Å²) in [6, 6.07) is -0.719. The van der Waals surface area contributed by atoms with Crippen molar-refractivity contribution in [2.24, 2.45) is 4.99 Å². The van der Waals surface area contributed by atoms with Crippen molar-refractivity contribution in [2.45, 2.75) is 129 Å². The first-order valence-electron chi connectivity index (χ1n) is 13.6. The number of imide groups is 1. The molecule has 0 saturated carbocycles. The number of amidine groups is 1. The lowest BCUT2D eigenvalue weighted by Crippen LogP contribution is -2.63. The summed E-state index contributed by atoms with van der Waals surface area (Å²) in [5.41, 5.74) is 0. The van der Waals surface area contributed by atoms with Gasteiger partial charge in [0.15, 0.2) is 17.4 Å². The van der Waals surface area contributed by atoms with E-state index in [1.807, 2.05) is 0 Å². The molecule has 3 amide bonds. The number of carbonyl (C=O) groups is 2. The highest BCUT2D eigenvalue weighted by Gasteiger charge is 2.48. The van der Waals surface area contributed by atoms with Crippen molar-refractivity contribution in [3.63, 3.8) is 0 Å². The first kappa shape index (κ1) is 28.0. The number of unbranched alkanes of at least 4 members (excludes halogenated alkanes) is 14. The van der Waals surface area contributed by atoms with Gasteiger partial charge in [0.2, 0.25) is 0 Å². The van der Waals surface area contributed by atoms with Crippen molar-refractivity contribution >= 4 is 28.9 Å². The number of hydrogen-bond donors (Lipinski definition) is 1. The van der Waals surface area contributed by atoms with Crippen molar-refractivity contribution in [2.75, 3.05) is 19.3 Å². The maximum absolute atomic E-state index is 12.6. The van der Waals surface area contributed by atoms with Gasteiger partial charge in [-0.2, -0.15) is 0 Å². The van der Waals surface area contributed by atoms with Gasteiger partial charge in [-0.25, -0.2) is 9.79 Å². The number of likely N-dealkylation sites (N-methyl/N-ethyl adjacent to an activating group) is 1. The number of amides is 3. The molecule has 2 atom stereocenters. The molecule has 0 spiro atoms. The Labute approximate surface area is 206 Å². The molecule has 0 aliphatic carbocycles. The van der Waals surface area contributed by atoms with Crippen LogP contribution in [0, 0.1) is 0 Å². The van der Waals surface area contributed by atoms with Gasteiger partial charge in [-0.3, -0.25) is 10.1 Å². The van der Waals surface area contributed by atoms with Gasteiger partial charge in [-0.1, -0.05) is 116 Å². The number of thioether (sulfide) groups is 1. The van der Waals surface area contributed by atoms with Crippen molar-refractivity contribution in [1.82, 2.24) is 15.1 Å². The van der Waals surface area contributed by atoms with Crippen LogP contribution in [0.4, 0.5) is 4.79 Å². The van der Waals surface area contributed by atoms with Crippen LogP contribution in [0.2, 0.25) is 0 Å². The molecule has 2 rings (SSSR count). The van der Waals surface area contributed by atoms with Gasteiger partial charge in [-0.15, -0.1) is 0 Å².